The van der Waals surface area contributed by atoms with Gasteiger partial charge in [0.15, 0.2) is 11.6 Å². The SMILES string of the molecule is Cc1cc(CNc2ccc(F)c(F)c2)ccc1F. The highest BCUT2D eigenvalue weighted by molar-refractivity contribution is 5.44. The fourth-order valence-corrected chi connectivity index (χ4v) is 1.63. The summed E-state index contributed by atoms with van der Waals surface area (Å²) in [5, 5.41) is 2.95. The molecule has 94 valence electrons. The second-order valence-electron chi connectivity index (χ2n) is 4.07. The Morgan fingerprint density at radius 1 is 0.889 bits per heavy atom. The largest absolute Gasteiger partial charge is 0.381 e. The van der Waals surface area contributed by atoms with Crippen molar-refractivity contribution in [2.24, 2.45) is 0 Å². The number of anilines is 1. The standard InChI is InChI=1S/C14H12F3N/c1-9-6-10(2-4-12(9)15)8-18-11-3-5-13(16)14(17)7-11/h2-7,18H,8H2,1H3. The van der Waals surface area contributed by atoms with E-state index in [4.69, 9.17) is 0 Å². The van der Waals surface area contributed by atoms with Crippen LogP contribution in [0.4, 0.5) is 18.9 Å². The van der Waals surface area contributed by atoms with E-state index in [2.05, 4.69) is 5.32 Å². The summed E-state index contributed by atoms with van der Waals surface area (Å²) in [6.07, 6.45) is 0. The van der Waals surface area contributed by atoms with Crippen molar-refractivity contribution in [1.29, 1.82) is 0 Å². The predicted octanol–water partition coefficient (Wildman–Crippen LogP) is 4.02. The smallest absolute Gasteiger partial charge is 0.160 e. The monoisotopic (exact) mass is 251 g/mol. The van der Waals surface area contributed by atoms with E-state index in [1.807, 2.05) is 0 Å². The molecule has 18 heavy (non-hydrogen) atoms. The van der Waals surface area contributed by atoms with Gasteiger partial charge in [-0.15, -0.1) is 0 Å². The minimum Gasteiger partial charge on any atom is -0.381 e. The first kappa shape index (κ1) is 12.5. The first-order valence-corrected chi connectivity index (χ1v) is 5.50. The number of aryl methyl sites for hydroxylation is 1. The molecule has 4 heteroatoms. The van der Waals surface area contributed by atoms with E-state index >= 15 is 0 Å². The molecule has 2 aromatic carbocycles. The Bertz CT molecular complexity index is 515. The molecule has 0 aliphatic carbocycles. The van der Waals surface area contributed by atoms with Crippen LogP contribution in [0.1, 0.15) is 11.1 Å². The predicted molar refractivity (Wildman–Crippen MR) is 64.8 cm³/mol. The zero-order valence-electron chi connectivity index (χ0n) is 9.81. The number of rotatable bonds is 3. The maximum absolute atomic E-state index is 13.0. The molecule has 0 unspecified atom stereocenters. The van der Waals surface area contributed by atoms with Crippen molar-refractivity contribution in [3.8, 4) is 0 Å². The third-order valence-corrected chi connectivity index (χ3v) is 2.64. The highest BCUT2D eigenvalue weighted by atomic mass is 19.2. The van der Waals surface area contributed by atoms with Crippen LogP contribution in [0.25, 0.3) is 0 Å². The first-order valence-electron chi connectivity index (χ1n) is 5.50. The van der Waals surface area contributed by atoms with Crippen molar-refractivity contribution in [3.63, 3.8) is 0 Å². The maximum atomic E-state index is 13.0. The summed E-state index contributed by atoms with van der Waals surface area (Å²) in [5.74, 6) is -2.03. The number of halogens is 3. The molecule has 0 saturated heterocycles. The van der Waals surface area contributed by atoms with Crippen LogP contribution in [0.15, 0.2) is 36.4 Å². The normalized spacial score (nSPS) is 10.4. The van der Waals surface area contributed by atoms with Gasteiger partial charge in [0.05, 0.1) is 0 Å². The summed E-state index contributed by atoms with van der Waals surface area (Å²) in [4.78, 5) is 0. The lowest BCUT2D eigenvalue weighted by Gasteiger charge is -2.08. The molecule has 1 nitrogen and oxygen atoms in total. The van der Waals surface area contributed by atoms with Crippen LogP contribution in [0.2, 0.25) is 0 Å². The summed E-state index contributed by atoms with van der Waals surface area (Å²) in [7, 11) is 0. The van der Waals surface area contributed by atoms with Crippen LogP contribution in [-0.2, 0) is 6.54 Å². The fourth-order valence-electron chi connectivity index (χ4n) is 1.63. The molecule has 0 bridgehead atoms. The molecular weight excluding hydrogens is 239 g/mol. The van der Waals surface area contributed by atoms with E-state index in [1.165, 1.54) is 12.1 Å². The Kier molecular flexibility index (Phi) is 3.55. The van der Waals surface area contributed by atoms with E-state index in [1.54, 1.807) is 19.1 Å². The van der Waals surface area contributed by atoms with Crippen LogP contribution >= 0.6 is 0 Å². The molecule has 1 N–H and O–H groups in total. The van der Waals surface area contributed by atoms with Crippen LogP contribution in [0.5, 0.6) is 0 Å². The third-order valence-electron chi connectivity index (χ3n) is 2.64. The number of benzene rings is 2. The number of nitrogens with one attached hydrogen (secondary N) is 1. The van der Waals surface area contributed by atoms with Crippen molar-refractivity contribution in [2.75, 3.05) is 5.32 Å². The van der Waals surface area contributed by atoms with Gasteiger partial charge in [-0.1, -0.05) is 12.1 Å². The van der Waals surface area contributed by atoms with Crippen LogP contribution in [-0.4, -0.2) is 0 Å². The van der Waals surface area contributed by atoms with Crippen molar-refractivity contribution < 1.29 is 13.2 Å². The average molecular weight is 251 g/mol. The van der Waals surface area contributed by atoms with E-state index in [9.17, 15) is 13.2 Å². The minimum atomic E-state index is -0.893. The Morgan fingerprint density at radius 2 is 1.61 bits per heavy atom. The van der Waals surface area contributed by atoms with Gasteiger partial charge in [-0.3, -0.25) is 0 Å². The van der Waals surface area contributed by atoms with Gasteiger partial charge in [-0.25, -0.2) is 13.2 Å². The van der Waals surface area contributed by atoms with Gasteiger partial charge in [-0.05, 0) is 36.2 Å². The molecule has 0 amide bonds. The van der Waals surface area contributed by atoms with Crippen LogP contribution < -0.4 is 5.32 Å². The molecule has 0 spiro atoms. The van der Waals surface area contributed by atoms with Gasteiger partial charge in [0.1, 0.15) is 5.82 Å². The van der Waals surface area contributed by atoms with Crippen molar-refractivity contribution >= 4 is 5.69 Å². The summed E-state index contributed by atoms with van der Waals surface area (Å²) < 4.78 is 38.7. The molecule has 0 heterocycles. The molecule has 2 aromatic rings. The molecule has 0 aromatic heterocycles. The zero-order valence-corrected chi connectivity index (χ0v) is 9.81. The molecule has 0 atom stereocenters. The minimum absolute atomic E-state index is 0.258. The molecular formula is C14H12F3N. The summed E-state index contributed by atoms with van der Waals surface area (Å²) in [5.41, 5.74) is 1.91. The van der Waals surface area contributed by atoms with Gasteiger partial charge in [-0.2, -0.15) is 0 Å². The van der Waals surface area contributed by atoms with Crippen molar-refractivity contribution in [3.05, 3.63) is 65.0 Å². The lowest BCUT2D eigenvalue weighted by Crippen LogP contribution is -2.01. The fraction of sp³-hybridized carbons (Fsp3) is 0.143. The highest BCUT2D eigenvalue weighted by Crippen LogP contribution is 2.15. The number of hydrogen-bond acceptors (Lipinski definition) is 1. The second kappa shape index (κ2) is 5.12. The molecule has 0 aliphatic rings. The maximum Gasteiger partial charge on any atom is 0.160 e. The van der Waals surface area contributed by atoms with Gasteiger partial charge in [0.25, 0.3) is 0 Å². The summed E-state index contributed by atoms with van der Waals surface area (Å²) >= 11 is 0. The Hall–Kier alpha value is -1.97. The molecule has 0 saturated carbocycles. The van der Waals surface area contributed by atoms with Crippen LogP contribution in [0.3, 0.4) is 0 Å². The molecule has 0 radical (unpaired) electrons. The molecule has 2 rings (SSSR count). The van der Waals surface area contributed by atoms with E-state index in [0.29, 0.717) is 17.8 Å². The topological polar surface area (TPSA) is 12.0 Å². The Labute approximate surface area is 103 Å². The average Bonchev–Trinajstić information content (AvgIpc) is 2.35. The Morgan fingerprint density at radius 3 is 2.28 bits per heavy atom. The van der Waals surface area contributed by atoms with Gasteiger partial charge in [0, 0.05) is 18.3 Å². The molecule has 0 fully saturated rings. The lowest BCUT2D eigenvalue weighted by molar-refractivity contribution is 0.509. The van der Waals surface area contributed by atoms with Crippen molar-refractivity contribution in [1.82, 2.24) is 0 Å². The van der Waals surface area contributed by atoms with E-state index < -0.39 is 11.6 Å². The highest BCUT2D eigenvalue weighted by Gasteiger charge is 2.03. The van der Waals surface area contributed by atoms with E-state index in [-0.39, 0.29) is 5.82 Å². The van der Waals surface area contributed by atoms with Gasteiger partial charge < -0.3 is 5.32 Å². The Balaban J connectivity index is 2.06. The molecule has 0 aliphatic heterocycles. The van der Waals surface area contributed by atoms with Gasteiger partial charge in [0.2, 0.25) is 0 Å². The summed E-state index contributed by atoms with van der Waals surface area (Å²) in [6.45, 7) is 2.10. The zero-order chi connectivity index (χ0) is 13.1. The van der Waals surface area contributed by atoms with Crippen molar-refractivity contribution in [2.45, 2.75) is 13.5 Å². The lowest BCUT2D eigenvalue weighted by atomic mass is 10.1. The number of hydrogen-bond donors (Lipinski definition) is 1. The van der Waals surface area contributed by atoms with E-state index in [0.717, 1.165) is 17.7 Å². The summed E-state index contributed by atoms with van der Waals surface area (Å²) in [6, 6.07) is 8.35. The van der Waals surface area contributed by atoms with Crippen LogP contribution in [0, 0.1) is 24.4 Å². The van der Waals surface area contributed by atoms with Gasteiger partial charge >= 0.3 is 0 Å². The quantitative estimate of drug-likeness (QED) is 0.868. The second-order valence-corrected chi connectivity index (χ2v) is 4.07. The third kappa shape index (κ3) is 2.83. The first-order chi connectivity index (χ1) is 8.56.